The summed E-state index contributed by atoms with van der Waals surface area (Å²) in [5.74, 6) is 2.47. The Balaban J connectivity index is 1.69. The molecule has 0 fully saturated rings. The predicted molar refractivity (Wildman–Crippen MR) is 99.7 cm³/mol. The third-order valence-corrected chi connectivity index (χ3v) is 5.07. The molecule has 0 saturated carbocycles. The first-order chi connectivity index (χ1) is 13.2. The van der Waals surface area contributed by atoms with Crippen molar-refractivity contribution in [1.82, 2.24) is 4.98 Å². The summed E-state index contributed by atoms with van der Waals surface area (Å²) in [5.41, 5.74) is 2.55. The van der Waals surface area contributed by atoms with Crippen LogP contribution < -0.4 is 18.9 Å². The van der Waals surface area contributed by atoms with E-state index in [1.165, 1.54) is 0 Å². The Hall–Kier alpha value is -2.93. The van der Waals surface area contributed by atoms with Crippen LogP contribution in [0.4, 0.5) is 0 Å². The van der Waals surface area contributed by atoms with Gasteiger partial charge in [0.1, 0.15) is 0 Å². The number of nitrogens with zero attached hydrogens (tertiary/aromatic N) is 1. The van der Waals surface area contributed by atoms with E-state index < -0.39 is 0 Å². The molecular formula is C20H14BrNO5. The van der Waals surface area contributed by atoms with Crippen molar-refractivity contribution in [1.29, 1.82) is 0 Å². The topological polar surface area (TPSA) is 70.0 Å². The van der Waals surface area contributed by atoms with E-state index in [1.807, 2.05) is 42.5 Å². The first-order valence-electron chi connectivity index (χ1n) is 8.32. The maximum atomic E-state index is 10.5. The van der Waals surface area contributed by atoms with Gasteiger partial charge in [-0.15, -0.1) is 0 Å². The molecule has 3 aromatic rings. The summed E-state index contributed by atoms with van der Waals surface area (Å²) in [4.78, 5) is 4.09. The van der Waals surface area contributed by atoms with Crippen LogP contribution in [-0.4, -0.2) is 23.7 Å². The van der Waals surface area contributed by atoms with Gasteiger partial charge >= 0.3 is 0 Å². The molecule has 0 unspecified atom stereocenters. The fraction of sp³-hybridized carbons (Fsp3) is 0.150. The fourth-order valence-corrected chi connectivity index (χ4v) is 3.75. The predicted octanol–water partition coefficient (Wildman–Crippen LogP) is 4.19. The van der Waals surface area contributed by atoms with E-state index in [0.717, 1.165) is 15.6 Å². The number of rotatable bonds is 3. The number of hydrogen-bond donors (Lipinski definition) is 1. The molecule has 0 spiro atoms. The number of pyridine rings is 1. The Labute approximate surface area is 163 Å². The van der Waals surface area contributed by atoms with Crippen molar-refractivity contribution in [3.8, 4) is 28.9 Å². The van der Waals surface area contributed by atoms with E-state index in [9.17, 15) is 5.11 Å². The van der Waals surface area contributed by atoms with Gasteiger partial charge in [-0.3, -0.25) is 0 Å². The molecule has 5 rings (SSSR count). The highest BCUT2D eigenvalue weighted by Gasteiger charge is 2.26. The second-order valence-corrected chi connectivity index (χ2v) is 7.14. The van der Waals surface area contributed by atoms with Gasteiger partial charge in [0.15, 0.2) is 23.0 Å². The van der Waals surface area contributed by atoms with E-state index >= 15 is 0 Å². The minimum Gasteiger partial charge on any atom is -0.493 e. The smallest absolute Gasteiger partial charge is 0.231 e. The standard InChI is InChI=1S/C20H14BrNO5/c21-13-7-14(20(23)22-8-13)19(11-1-3-15-17(5-11)26-9-24-15)12-2-4-16-18(6-12)27-10-25-16/h1-8,19H,9-10H2,(H,22,23). The van der Waals surface area contributed by atoms with E-state index in [1.54, 1.807) is 6.20 Å². The molecular weight excluding hydrogens is 414 g/mol. The molecule has 0 aliphatic carbocycles. The molecule has 136 valence electrons. The van der Waals surface area contributed by atoms with Crippen molar-refractivity contribution >= 4 is 15.9 Å². The van der Waals surface area contributed by atoms with Crippen molar-refractivity contribution in [3.05, 3.63) is 69.8 Å². The second-order valence-electron chi connectivity index (χ2n) is 6.22. The first kappa shape index (κ1) is 16.3. The molecule has 0 bridgehead atoms. The van der Waals surface area contributed by atoms with Gasteiger partial charge in [-0.25, -0.2) is 4.98 Å². The van der Waals surface area contributed by atoms with Crippen molar-refractivity contribution in [2.75, 3.05) is 13.6 Å². The Bertz CT molecular complexity index is 981. The first-order valence-corrected chi connectivity index (χ1v) is 9.12. The number of ether oxygens (including phenoxy) is 4. The SMILES string of the molecule is Oc1ncc(Br)cc1C(c1ccc2c(c1)OCO2)c1ccc2c(c1)OCO2. The van der Waals surface area contributed by atoms with Gasteiger partial charge in [0.05, 0.1) is 0 Å². The van der Waals surface area contributed by atoms with Crippen LogP contribution in [-0.2, 0) is 0 Å². The maximum Gasteiger partial charge on any atom is 0.231 e. The Morgan fingerprint density at radius 3 is 1.96 bits per heavy atom. The van der Waals surface area contributed by atoms with Gasteiger partial charge in [-0.05, 0) is 57.4 Å². The molecule has 0 radical (unpaired) electrons. The third-order valence-electron chi connectivity index (χ3n) is 4.63. The minimum atomic E-state index is -0.279. The fourth-order valence-electron chi connectivity index (χ4n) is 3.40. The number of benzene rings is 2. The molecule has 7 heteroatoms. The molecule has 6 nitrogen and oxygen atoms in total. The molecule has 3 heterocycles. The summed E-state index contributed by atoms with van der Waals surface area (Å²) in [6.45, 7) is 0.411. The van der Waals surface area contributed by atoms with Gasteiger partial charge in [0, 0.05) is 22.2 Å². The van der Waals surface area contributed by atoms with Crippen LogP contribution in [0.25, 0.3) is 0 Å². The monoisotopic (exact) mass is 427 g/mol. The van der Waals surface area contributed by atoms with Gasteiger partial charge in [0.2, 0.25) is 19.5 Å². The van der Waals surface area contributed by atoms with Gasteiger partial charge in [-0.1, -0.05) is 12.1 Å². The van der Waals surface area contributed by atoms with Crippen LogP contribution in [0.15, 0.2) is 53.1 Å². The van der Waals surface area contributed by atoms with Crippen LogP contribution in [0.5, 0.6) is 28.9 Å². The van der Waals surface area contributed by atoms with E-state index in [0.29, 0.717) is 28.6 Å². The number of aromatic nitrogens is 1. The molecule has 2 aliphatic rings. The van der Waals surface area contributed by atoms with Crippen LogP contribution in [0.1, 0.15) is 22.6 Å². The molecule has 2 aliphatic heterocycles. The van der Waals surface area contributed by atoms with Gasteiger partial charge in [-0.2, -0.15) is 0 Å². The molecule has 2 aromatic carbocycles. The molecule has 1 aromatic heterocycles. The lowest BCUT2D eigenvalue weighted by Crippen LogP contribution is -2.05. The number of hydrogen-bond acceptors (Lipinski definition) is 6. The Kier molecular flexibility index (Phi) is 3.82. The third kappa shape index (κ3) is 2.84. The summed E-state index contributed by atoms with van der Waals surface area (Å²) in [7, 11) is 0. The lowest BCUT2D eigenvalue weighted by atomic mass is 9.85. The zero-order valence-corrected chi connectivity index (χ0v) is 15.6. The summed E-state index contributed by atoms with van der Waals surface area (Å²) in [6, 6.07) is 13.4. The van der Waals surface area contributed by atoms with E-state index in [-0.39, 0.29) is 25.4 Å². The minimum absolute atomic E-state index is 0.0291. The van der Waals surface area contributed by atoms with Crippen molar-refractivity contribution < 1.29 is 24.1 Å². The molecule has 0 amide bonds. The summed E-state index contributed by atoms with van der Waals surface area (Å²) >= 11 is 3.45. The summed E-state index contributed by atoms with van der Waals surface area (Å²) < 4.78 is 22.7. The molecule has 1 N–H and O–H groups in total. The summed E-state index contributed by atoms with van der Waals surface area (Å²) in [5, 5.41) is 10.5. The zero-order chi connectivity index (χ0) is 18.4. The zero-order valence-electron chi connectivity index (χ0n) is 14.0. The van der Waals surface area contributed by atoms with Crippen molar-refractivity contribution in [3.63, 3.8) is 0 Å². The summed E-state index contributed by atoms with van der Waals surface area (Å²) in [6.07, 6.45) is 1.56. The second kappa shape index (κ2) is 6.35. The maximum absolute atomic E-state index is 10.5. The van der Waals surface area contributed by atoms with Crippen LogP contribution in [0, 0.1) is 0 Å². The molecule has 0 saturated heterocycles. The van der Waals surface area contributed by atoms with E-state index in [4.69, 9.17) is 18.9 Å². The average Bonchev–Trinajstić information content (AvgIpc) is 3.33. The van der Waals surface area contributed by atoms with Gasteiger partial charge < -0.3 is 24.1 Å². The van der Waals surface area contributed by atoms with Crippen LogP contribution in [0.3, 0.4) is 0 Å². The highest BCUT2D eigenvalue weighted by atomic mass is 79.9. The van der Waals surface area contributed by atoms with Crippen molar-refractivity contribution in [2.45, 2.75) is 5.92 Å². The lowest BCUT2D eigenvalue weighted by Gasteiger charge is -2.20. The van der Waals surface area contributed by atoms with Gasteiger partial charge in [0.25, 0.3) is 0 Å². The number of aromatic hydroxyl groups is 1. The largest absolute Gasteiger partial charge is 0.493 e. The van der Waals surface area contributed by atoms with Crippen LogP contribution >= 0.6 is 15.9 Å². The highest BCUT2D eigenvalue weighted by Crippen LogP contribution is 2.44. The van der Waals surface area contributed by atoms with Crippen LogP contribution in [0.2, 0.25) is 0 Å². The number of fused-ring (bicyclic) bond motifs is 2. The lowest BCUT2D eigenvalue weighted by molar-refractivity contribution is 0.173. The van der Waals surface area contributed by atoms with Crippen molar-refractivity contribution in [2.24, 2.45) is 0 Å². The Morgan fingerprint density at radius 2 is 1.37 bits per heavy atom. The quantitative estimate of drug-likeness (QED) is 0.675. The Morgan fingerprint density at radius 1 is 0.815 bits per heavy atom. The average molecular weight is 428 g/mol. The van der Waals surface area contributed by atoms with E-state index in [2.05, 4.69) is 20.9 Å². The highest BCUT2D eigenvalue weighted by molar-refractivity contribution is 9.10. The molecule has 27 heavy (non-hydrogen) atoms. The normalized spacial score (nSPS) is 14.0. The number of halogens is 1. The molecule has 0 atom stereocenters.